The first-order valence-corrected chi connectivity index (χ1v) is 12.0. The number of carbonyl (C=O) groups is 2. The van der Waals surface area contributed by atoms with Gasteiger partial charge in [0.15, 0.2) is 18.1 Å². The minimum atomic E-state index is -1.33. The molecule has 10 heteroatoms. The standard InChI is InChI=1S/C23H25FN2O6S/c24-17-1-3-18(4-2-17)32-16-23(28)26-10-8-25(9-11-26)22(27)7-14-33(29)19-5-6-20-21(15-19)31-13-12-30-20/h1-6,15H,7-14,16H2. The lowest BCUT2D eigenvalue weighted by Gasteiger charge is -2.34. The van der Waals surface area contributed by atoms with Crippen LogP contribution >= 0.6 is 0 Å². The van der Waals surface area contributed by atoms with Crippen molar-refractivity contribution >= 4 is 22.6 Å². The lowest BCUT2D eigenvalue weighted by atomic mass is 10.3. The fraction of sp³-hybridized carbons (Fsp3) is 0.391. The minimum Gasteiger partial charge on any atom is -0.486 e. The summed E-state index contributed by atoms with van der Waals surface area (Å²) >= 11 is 0. The largest absolute Gasteiger partial charge is 0.486 e. The molecule has 0 spiro atoms. The predicted octanol–water partition coefficient (Wildman–Crippen LogP) is 1.84. The van der Waals surface area contributed by atoms with Crippen LogP contribution in [0.4, 0.5) is 4.39 Å². The Morgan fingerprint density at radius 3 is 2.24 bits per heavy atom. The van der Waals surface area contributed by atoms with Gasteiger partial charge >= 0.3 is 0 Å². The SMILES string of the molecule is O=C(CCS(=O)c1ccc2c(c1)OCCO2)N1CCN(C(=O)COc2ccc(F)cc2)CC1. The summed E-state index contributed by atoms with van der Waals surface area (Å²) < 4.78 is 42.0. The number of nitrogens with zero attached hydrogens (tertiary/aromatic N) is 2. The Morgan fingerprint density at radius 2 is 1.55 bits per heavy atom. The third kappa shape index (κ3) is 6.01. The van der Waals surface area contributed by atoms with Gasteiger partial charge in [0.2, 0.25) is 5.91 Å². The maximum Gasteiger partial charge on any atom is 0.260 e. The van der Waals surface area contributed by atoms with E-state index in [9.17, 15) is 18.2 Å². The Morgan fingerprint density at radius 1 is 0.909 bits per heavy atom. The smallest absolute Gasteiger partial charge is 0.260 e. The van der Waals surface area contributed by atoms with Gasteiger partial charge < -0.3 is 24.0 Å². The molecule has 1 fully saturated rings. The number of ether oxygens (including phenoxy) is 3. The van der Waals surface area contributed by atoms with Crippen molar-refractivity contribution in [1.82, 2.24) is 9.80 Å². The molecule has 1 unspecified atom stereocenters. The number of amides is 2. The summed E-state index contributed by atoms with van der Waals surface area (Å²) in [6.07, 6.45) is 0.155. The Bertz CT molecular complexity index is 1020. The highest BCUT2D eigenvalue weighted by Gasteiger charge is 2.25. The van der Waals surface area contributed by atoms with E-state index in [4.69, 9.17) is 14.2 Å². The third-order valence-corrected chi connectivity index (χ3v) is 6.79. The highest BCUT2D eigenvalue weighted by molar-refractivity contribution is 7.85. The second-order valence-electron chi connectivity index (χ2n) is 7.61. The second-order valence-corrected chi connectivity index (χ2v) is 9.18. The topological polar surface area (TPSA) is 85.4 Å². The third-order valence-electron chi connectivity index (χ3n) is 5.44. The number of fused-ring (bicyclic) bond motifs is 1. The van der Waals surface area contributed by atoms with Crippen LogP contribution in [0.25, 0.3) is 0 Å². The molecule has 0 N–H and O–H groups in total. The molecule has 176 valence electrons. The number of hydrogen-bond acceptors (Lipinski definition) is 6. The summed E-state index contributed by atoms with van der Waals surface area (Å²) in [5.41, 5.74) is 0. The van der Waals surface area contributed by atoms with E-state index in [0.29, 0.717) is 61.5 Å². The molecule has 1 atom stereocenters. The molecular weight excluding hydrogens is 451 g/mol. The molecule has 0 saturated carbocycles. The second kappa shape index (κ2) is 10.7. The van der Waals surface area contributed by atoms with Crippen LogP contribution in [-0.4, -0.2) is 77.6 Å². The number of benzene rings is 2. The van der Waals surface area contributed by atoms with Gasteiger partial charge in [-0.05, 0) is 36.4 Å². The number of rotatable bonds is 7. The molecule has 0 radical (unpaired) electrons. The molecule has 8 nitrogen and oxygen atoms in total. The lowest BCUT2D eigenvalue weighted by molar-refractivity contribution is -0.140. The molecule has 0 aliphatic carbocycles. The van der Waals surface area contributed by atoms with Crippen molar-refractivity contribution in [1.29, 1.82) is 0 Å². The molecule has 4 rings (SSSR count). The number of halogens is 1. The predicted molar refractivity (Wildman–Crippen MR) is 118 cm³/mol. The molecule has 2 aromatic carbocycles. The maximum absolute atomic E-state index is 12.9. The van der Waals surface area contributed by atoms with Crippen molar-refractivity contribution in [3.05, 3.63) is 48.3 Å². The summed E-state index contributed by atoms with van der Waals surface area (Å²) in [4.78, 5) is 28.8. The molecular formula is C23H25FN2O6S. The summed E-state index contributed by atoms with van der Waals surface area (Å²) in [6, 6.07) is 10.6. The Balaban J connectivity index is 1.19. The molecule has 2 heterocycles. The molecule has 2 aromatic rings. The maximum atomic E-state index is 12.9. The minimum absolute atomic E-state index is 0.0874. The number of carbonyl (C=O) groups excluding carboxylic acids is 2. The first-order chi connectivity index (χ1) is 16.0. The van der Waals surface area contributed by atoms with E-state index in [0.717, 1.165) is 0 Å². The fourth-order valence-electron chi connectivity index (χ4n) is 3.59. The fourth-order valence-corrected chi connectivity index (χ4v) is 4.65. The van der Waals surface area contributed by atoms with Crippen molar-refractivity contribution in [2.75, 3.05) is 51.8 Å². The first-order valence-electron chi connectivity index (χ1n) is 10.7. The Labute approximate surface area is 193 Å². The van der Waals surface area contributed by atoms with E-state index in [1.807, 2.05) is 0 Å². The molecule has 1 saturated heterocycles. The van der Waals surface area contributed by atoms with E-state index in [1.54, 1.807) is 28.0 Å². The van der Waals surface area contributed by atoms with Crippen LogP contribution in [0.15, 0.2) is 47.4 Å². The molecule has 0 aromatic heterocycles. The zero-order valence-electron chi connectivity index (χ0n) is 18.0. The van der Waals surface area contributed by atoms with E-state index >= 15 is 0 Å². The van der Waals surface area contributed by atoms with Crippen LogP contribution in [0, 0.1) is 5.82 Å². The summed E-state index contributed by atoms with van der Waals surface area (Å²) in [5, 5.41) is 0. The van der Waals surface area contributed by atoms with Crippen molar-refractivity contribution in [3.63, 3.8) is 0 Å². The highest BCUT2D eigenvalue weighted by Crippen LogP contribution is 2.31. The monoisotopic (exact) mass is 476 g/mol. The molecule has 2 aliphatic rings. The van der Waals surface area contributed by atoms with Crippen molar-refractivity contribution in [2.24, 2.45) is 0 Å². The highest BCUT2D eigenvalue weighted by atomic mass is 32.2. The normalized spacial score (nSPS) is 16.3. The molecule has 0 bridgehead atoms. The number of hydrogen-bond donors (Lipinski definition) is 0. The van der Waals surface area contributed by atoms with Crippen LogP contribution in [0.1, 0.15) is 6.42 Å². The van der Waals surface area contributed by atoms with Gasteiger partial charge in [-0.15, -0.1) is 0 Å². The quantitative estimate of drug-likeness (QED) is 0.606. The summed E-state index contributed by atoms with van der Waals surface area (Å²) in [6.45, 7) is 2.44. The van der Waals surface area contributed by atoms with E-state index < -0.39 is 10.8 Å². The van der Waals surface area contributed by atoms with Gasteiger partial charge in [0.1, 0.15) is 24.8 Å². The van der Waals surface area contributed by atoms with Gasteiger partial charge in [0.05, 0.1) is 10.8 Å². The first kappa shape index (κ1) is 23.0. The lowest BCUT2D eigenvalue weighted by Crippen LogP contribution is -2.51. The number of piperazine rings is 1. The van der Waals surface area contributed by atoms with Gasteiger partial charge in [0.25, 0.3) is 5.91 Å². The van der Waals surface area contributed by atoms with Crippen molar-refractivity contribution in [3.8, 4) is 17.2 Å². The van der Waals surface area contributed by atoms with Gasteiger partial charge in [-0.3, -0.25) is 13.8 Å². The summed E-state index contributed by atoms with van der Waals surface area (Å²) in [5.74, 6) is 1.19. The van der Waals surface area contributed by atoms with Gasteiger partial charge in [0, 0.05) is 49.3 Å². The Kier molecular flexibility index (Phi) is 7.43. The van der Waals surface area contributed by atoms with Crippen molar-refractivity contribution < 1.29 is 32.4 Å². The molecule has 2 amide bonds. The zero-order chi connectivity index (χ0) is 23.2. The Hall–Kier alpha value is -3.14. The van der Waals surface area contributed by atoms with E-state index in [1.165, 1.54) is 24.3 Å². The van der Waals surface area contributed by atoms with E-state index in [-0.39, 0.29) is 36.4 Å². The summed E-state index contributed by atoms with van der Waals surface area (Å²) in [7, 11) is -1.33. The molecule has 33 heavy (non-hydrogen) atoms. The van der Waals surface area contributed by atoms with Crippen LogP contribution in [0.3, 0.4) is 0 Å². The average molecular weight is 477 g/mol. The zero-order valence-corrected chi connectivity index (χ0v) is 18.9. The van der Waals surface area contributed by atoms with Crippen LogP contribution in [0.5, 0.6) is 17.2 Å². The van der Waals surface area contributed by atoms with Crippen LogP contribution < -0.4 is 14.2 Å². The van der Waals surface area contributed by atoms with Gasteiger partial charge in [-0.2, -0.15) is 0 Å². The van der Waals surface area contributed by atoms with Crippen LogP contribution in [-0.2, 0) is 20.4 Å². The van der Waals surface area contributed by atoms with Gasteiger partial charge in [-0.25, -0.2) is 4.39 Å². The van der Waals surface area contributed by atoms with E-state index in [2.05, 4.69) is 0 Å². The molecule has 2 aliphatic heterocycles. The van der Waals surface area contributed by atoms with Gasteiger partial charge in [-0.1, -0.05) is 0 Å². The van der Waals surface area contributed by atoms with Crippen LogP contribution in [0.2, 0.25) is 0 Å². The van der Waals surface area contributed by atoms with Crippen molar-refractivity contribution in [2.45, 2.75) is 11.3 Å². The average Bonchev–Trinajstić information content (AvgIpc) is 2.86.